The van der Waals surface area contributed by atoms with Crippen molar-refractivity contribution in [2.45, 2.75) is 49.7 Å². The Morgan fingerprint density at radius 3 is 2.35 bits per heavy atom. The van der Waals surface area contributed by atoms with E-state index in [9.17, 15) is 0 Å². The number of hydrogen-bond acceptors (Lipinski definition) is 4. The van der Waals surface area contributed by atoms with Crippen molar-refractivity contribution in [3.8, 4) is 0 Å². The van der Waals surface area contributed by atoms with E-state index in [2.05, 4.69) is 34.6 Å². The number of nitrogens with zero attached hydrogens (tertiary/aromatic N) is 2. The van der Waals surface area contributed by atoms with Gasteiger partial charge in [-0.2, -0.15) is 0 Å². The van der Waals surface area contributed by atoms with Crippen molar-refractivity contribution in [1.29, 1.82) is 5.41 Å². The third-order valence-electron chi connectivity index (χ3n) is 5.19. The first-order valence-electron chi connectivity index (χ1n) is 8.20. The zero-order valence-electron chi connectivity index (χ0n) is 13.3. The quantitative estimate of drug-likeness (QED) is 0.293. The predicted molar refractivity (Wildman–Crippen MR) is 87.2 cm³/mol. The molecule has 1 aliphatic heterocycles. The van der Waals surface area contributed by atoms with Crippen LogP contribution in [0, 0.1) is 5.41 Å². The summed E-state index contributed by atoms with van der Waals surface area (Å²) >= 11 is 0. The summed E-state index contributed by atoms with van der Waals surface area (Å²) in [5, 5.41) is 14.7. The van der Waals surface area contributed by atoms with Gasteiger partial charge in [-0.05, 0) is 30.2 Å². The second-order valence-corrected chi connectivity index (χ2v) is 6.42. The number of hydrogen-bond donors (Lipinski definition) is 2. The van der Waals surface area contributed by atoms with Gasteiger partial charge in [0.1, 0.15) is 5.84 Å². The topological polar surface area (TPSA) is 93.0 Å². The van der Waals surface area contributed by atoms with Crippen LogP contribution in [-0.2, 0) is 14.9 Å². The summed E-state index contributed by atoms with van der Waals surface area (Å²) in [4.78, 5) is 0. The first-order chi connectivity index (χ1) is 11.2. The van der Waals surface area contributed by atoms with Gasteiger partial charge in [-0.1, -0.05) is 35.6 Å². The standard InChI is InChI=1S/C17H24N4O2/c18-15(20-21-19)6-7-16(14-4-2-1-3-5-14)8-10-17(11-9-16)22-12-13-23-17/h1-5H,6-13H2,(H3,18,19,20). The number of rotatable bonds is 4. The molecule has 1 saturated heterocycles. The van der Waals surface area contributed by atoms with Crippen LogP contribution >= 0.6 is 0 Å². The summed E-state index contributed by atoms with van der Waals surface area (Å²) in [6, 6.07) is 10.6. The Bertz CT molecular complexity index is 557. The van der Waals surface area contributed by atoms with Crippen LogP contribution in [0.25, 0.3) is 0 Å². The van der Waals surface area contributed by atoms with Crippen molar-refractivity contribution < 1.29 is 9.47 Å². The SMILES string of the molecule is N=C(CCC1(c2ccccc2)CCC2(CC1)OCCO2)N=NN. The number of amidine groups is 1. The lowest BCUT2D eigenvalue weighted by Crippen LogP contribution is -2.42. The highest BCUT2D eigenvalue weighted by atomic mass is 16.7. The van der Waals surface area contributed by atoms with Gasteiger partial charge in [0.05, 0.1) is 13.2 Å². The van der Waals surface area contributed by atoms with E-state index in [1.807, 2.05) is 6.07 Å². The van der Waals surface area contributed by atoms with Gasteiger partial charge >= 0.3 is 0 Å². The summed E-state index contributed by atoms with van der Waals surface area (Å²) in [5.74, 6) is 4.91. The van der Waals surface area contributed by atoms with Crippen LogP contribution < -0.4 is 5.84 Å². The second-order valence-electron chi connectivity index (χ2n) is 6.42. The van der Waals surface area contributed by atoms with Crippen molar-refractivity contribution in [2.24, 2.45) is 16.2 Å². The molecular weight excluding hydrogens is 292 g/mol. The highest BCUT2D eigenvalue weighted by Crippen LogP contribution is 2.48. The van der Waals surface area contributed by atoms with Crippen molar-refractivity contribution in [1.82, 2.24) is 0 Å². The molecule has 2 aliphatic rings. The lowest BCUT2D eigenvalue weighted by Gasteiger charge is -2.44. The van der Waals surface area contributed by atoms with E-state index in [1.54, 1.807) is 0 Å². The molecule has 0 bridgehead atoms. The maximum Gasteiger partial charge on any atom is 0.168 e. The van der Waals surface area contributed by atoms with E-state index in [0.717, 1.165) is 32.1 Å². The average molecular weight is 316 g/mol. The largest absolute Gasteiger partial charge is 0.348 e. The zero-order chi connectivity index (χ0) is 16.2. The molecule has 0 radical (unpaired) electrons. The van der Waals surface area contributed by atoms with E-state index in [4.69, 9.17) is 20.7 Å². The van der Waals surface area contributed by atoms with E-state index in [-0.39, 0.29) is 17.0 Å². The zero-order valence-corrected chi connectivity index (χ0v) is 13.3. The van der Waals surface area contributed by atoms with Crippen molar-refractivity contribution >= 4 is 5.84 Å². The van der Waals surface area contributed by atoms with Gasteiger partial charge in [0.25, 0.3) is 0 Å². The van der Waals surface area contributed by atoms with Gasteiger partial charge in [-0.15, -0.1) is 5.11 Å². The smallest absolute Gasteiger partial charge is 0.168 e. The van der Waals surface area contributed by atoms with E-state index in [0.29, 0.717) is 19.6 Å². The highest BCUT2D eigenvalue weighted by Gasteiger charge is 2.46. The summed E-state index contributed by atoms with van der Waals surface area (Å²) < 4.78 is 11.7. The van der Waals surface area contributed by atoms with E-state index in [1.165, 1.54) is 5.56 Å². The Kier molecular flexibility index (Phi) is 4.73. The first-order valence-corrected chi connectivity index (χ1v) is 8.20. The van der Waals surface area contributed by atoms with Crippen LogP contribution in [-0.4, -0.2) is 24.8 Å². The maximum absolute atomic E-state index is 7.83. The molecule has 1 aromatic carbocycles. The molecule has 124 valence electrons. The molecular formula is C17H24N4O2. The van der Waals surface area contributed by atoms with E-state index >= 15 is 0 Å². The average Bonchev–Trinajstić information content (AvgIpc) is 3.04. The van der Waals surface area contributed by atoms with Crippen LogP contribution in [0.15, 0.2) is 40.7 Å². The molecule has 0 amide bonds. The molecule has 3 rings (SSSR count). The maximum atomic E-state index is 7.83. The molecule has 23 heavy (non-hydrogen) atoms. The van der Waals surface area contributed by atoms with Crippen molar-refractivity contribution in [3.05, 3.63) is 35.9 Å². The van der Waals surface area contributed by atoms with Gasteiger partial charge in [0.2, 0.25) is 0 Å². The second kappa shape index (κ2) is 6.76. The summed E-state index contributed by atoms with van der Waals surface area (Å²) in [6.07, 6.45) is 5.21. The third kappa shape index (κ3) is 3.43. The Morgan fingerprint density at radius 1 is 1.09 bits per heavy atom. The number of nitrogens with one attached hydrogen (secondary N) is 1. The molecule has 2 fully saturated rings. The van der Waals surface area contributed by atoms with Gasteiger partial charge in [-0.3, -0.25) is 5.41 Å². The lowest BCUT2D eigenvalue weighted by molar-refractivity contribution is -0.185. The fraction of sp³-hybridized carbons (Fsp3) is 0.588. The van der Waals surface area contributed by atoms with Gasteiger partial charge in [-0.25, -0.2) is 0 Å². The lowest BCUT2D eigenvalue weighted by atomic mass is 9.65. The molecule has 1 saturated carbocycles. The third-order valence-corrected chi connectivity index (χ3v) is 5.19. The number of benzene rings is 1. The molecule has 0 atom stereocenters. The molecule has 1 heterocycles. The minimum absolute atomic E-state index is 0.0399. The van der Waals surface area contributed by atoms with Crippen molar-refractivity contribution in [2.75, 3.05) is 13.2 Å². The van der Waals surface area contributed by atoms with Crippen LogP contribution in [0.4, 0.5) is 0 Å². The molecule has 1 spiro atoms. The summed E-state index contributed by atoms with van der Waals surface area (Å²) in [5.41, 5.74) is 1.36. The molecule has 0 unspecified atom stereocenters. The molecule has 1 aromatic rings. The Hall–Kier alpha value is -1.79. The number of ether oxygens (including phenoxy) is 2. The normalized spacial score (nSPS) is 22.6. The van der Waals surface area contributed by atoms with Gasteiger partial charge in [0.15, 0.2) is 5.79 Å². The minimum Gasteiger partial charge on any atom is -0.348 e. The molecule has 6 heteroatoms. The minimum atomic E-state index is -0.372. The van der Waals surface area contributed by atoms with Gasteiger partial charge in [0, 0.05) is 19.3 Å². The summed E-state index contributed by atoms with van der Waals surface area (Å²) in [7, 11) is 0. The number of nitrogens with two attached hydrogens (primary N) is 1. The van der Waals surface area contributed by atoms with Crippen LogP contribution in [0.5, 0.6) is 0 Å². The summed E-state index contributed by atoms with van der Waals surface area (Å²) in [6.45, 7) is 1.39. The fourth-order valence-electron chi connectivity index (χ4n) is 3.85. The van der Waals surface area contributed by atoms with Crippen LogP contribution in [0.3, 0.4) is 0 Å². The molecule has 3 N–H and O–H groups in total. The molecule has 1 aliphatic carbocycles. The highest BCUT2D eigenvalue weighted by molar-refractivity contribution is 5.79. The first kappa shape index (κ1) is 16.1. The van der Waals surface area contributed by atoms with Crippen molar-refractivity contribution in [3.63, 3.8) is 0 Å². The Morgan fingerprint density at radius 2 is 1.74 bits per heavy atom. The van der Waals surface area contributed by atoms with E-state index < -0.39 is 0 Å². The Balaban J connectivity index is 1.76. The molecule has 6 nitrogen and oxygen atoms in total. The molecule has 0 aromatic heterocycles. The van der Waals surface area contributed by atoms with Crippen LogP contribution in [0.1, 0.15) is 44.1 Å². The monoisotopic (exact) mass is 316 g/mol. The fourth-order valence-corrected chi connectivity index (χ4v) is 3.85. The predicted octanol–water partition coefficient (Wildman–Crippen LogP) is 3.32. The van der Waals surface area contributed by atoms with Gasteiger partial charge < -0.3 is 15.3 Å². The van der Waals surface area contributed by atoms with Crippen LogP contribution in [0.2, 0.25) is 0 Å². The Labute approximate surface area is 136 Å².